The highest BCUT2D eigenvalue weighted by molar-refractivity contribution is 6.35. The lowest BCUT2D eigenvalue weighted by Gasteiger charge is -2.22. The quantitative estimate of drug-likeness (QED) is 0.565. The van der Waals surface area contributed by atoms with Gasteiger partial charge in [0.2, 0.25) is 0 Å². The maximum atomic E-state index is 12.2. The fourth-order valence-corrected chi connectivity index (χ4v) is 2.91. The number of nitrogens with one attached hydrogen (secondary N) is 1. The molecule has 1 aliphatic carbocycles. The fraction of sp³-hybridized carbons (Fsp3) is 0.368. The summed E-state index contributed by atoms with van der Waals surface area (Å²) in [5, 5.41) is 5.13. The Labute approximate surface area is 158 Å². The molecule has 25 heavy (non-hydrogen) atoms. The Bertz CT molecular complexity index is 741. The van der Waals surface area contributed by atoms with E-state index in [1.807, 2.05) is 13.8 Å². The van der Waals surface area contributed by atoms with Gasteiger partial charge in [0.25, 0.3) is 5.91 Å². The molecule has 0 radical (unpaired) electrons. The van der Waals surface area contributed by atoms with Crippen molar-refractivity contribution in [1.82, 2.24) is 5.43 Å². The van der Waals surface area contributed by atoms with Crippen LogP contribution in [0.25, 0.3) is 0 Å². The molecule has 0 saturated carbocycles. The van der Waals surface area contributed by atoms with Crippen LogP contribution in [-0.2, 0) is 4.79 Å². The van der Waals surface area contributed by atoms with Crippen LogP contribution >= 0.6 is 23.2 Å². The molecule has 1 aromatic rings. The minimum atomic E-state index is -0.743. The lowest BCUT2D eigenvalue weighted by atomic mass is 9.85. The van der Waals surface area contributed by atoms with Gasteiger partial charge in [-0.05, 0) is 63.3 Å². The summed E-state index contributed by atoms with van der Waals surface area (Å²) in [4.78, 5) is 12.2. The van der Waals surface area contributed by atoms with Crippen LogP contribution in [-0.4, -0.2) is 17.7 Å². The Morgan fingerprint density at radius 2 is 2.16 bits per heavy atom. The van der Waals surface area contributed by atoms with Gasteiger partial charge >= 0.3 is 0 Å². The molecule has 0 fully saturated rings. The molecular formula is C19H22Cl2N2O2. The van der Waals surface area contributed by atoms with Gasteiger partial charge in [-0.3, -0.25) is 4.79 Å². The molecule has 0 heterocycles. The van der Waals surface area contributed by atoms with Crippen LogP contribution in [0.3, 0.4) is 0 Å². The normalized spacial score (nSPS) is 20.0. The highest BCUT2D eigenvalue weighted by atomic mass is 35.5. The molecule has 0 unspecified atom stereocenters. The van der Waals surface area contributed by atoms with Crippen molar-refractivity contribution in [3.05, 3.63) is 52.0 Å². The van der Waals surface area contributed by atoms with Crippen molar-refractivity contribution >= 4 is 34.8 Å². The first-order valence-electron chi connectivity index (χ1n) is 8.08. The van der Waals surface area contributed by atoms with Gasteiger partial charge in [0, 0.05) is 5.02 Å². The van der Waals surface area contributed by atoms with E-state index in [0.717, 1.165) is 29.7 Å². The van der Waals surface area contributed by atoms with E-state index in [1.54, 1.807) is 25.1 Å². The number of allylic oxidation sites excluding steroid dienone is 3. The van der Waals surface area contributed by atoms with Gasteiger partial charge in [-0.15, -0.1) is 0 Å². The number of halogens is 2. The lowest BCUT2D eigenvalue weighted by molar-refractivity contribution is -0.127. The van der Waals surface area contributed by atoms with Crippen molar-refractivity contribution in [2.75, 3.05) is 0 Å². The maximum Gasteiger partial charge on any atom is 0.280 e. The molecule has 0 spiro atoms. The fourth-order valence-electron chi connectivity index (χ4n) is 2.45. The minimum Gasteiger partial charge on any atom is -0.479 e. The second-order valence-corrected chi connectivity index (χ2v) is 7.08. The predicted molar refractivity (Wildman–Crippen MR) is 103 cm³/mol. The Morgan fingerprint density at radius 1 is 1.44 bits per heavy atom. The van der Waals surface area contributed by atoms with Crippen molar-refractivity contribution < 1.29 is 9.53 Å². The molecule has 134 valence electrons. The zero-order chi connectivity index (χ0) is 18.6. The van der Waals surface area contributed by atoms with E-state index in [2.05, 4.69) is 23.2 Å². The summed E-state index contributed by atoms with van der Waals surface area (Å²) >= 11 is 11.9. The summed E-state index contributed by atoms with van der Waals surface area (Å²) in [6, 6.07) is 4.85. The van der Waals surface area contributed by atoms with E-state index in [0.29, 0.717) is 21.7 Å². The standard InChI is InChI=1S/C19H22Cl2N2O2/c1-11(2)14-6-5-12(3)17(9-14)22-23-19(24)13(4)25-18-8-7-15(20)10-16(18)21/h5,7-8,10,13-14H,1,6,9H2,2-4H3,(H,23,24)/b22-17+/t13-,14+/m1/s1. The van der Waals surface area contributed by atoms with E-state index >= 15 is 0 Å². The Hall–Kier alpha value is -1.78. The maximum absolute atomic E-state index is 12.2. The van der Waals surface area contributed by atoms with Crippen molar-refractivity contribution in [2.45, 2.75) is 39.7 Å². The first-order chi connectivity index (χ1) is 11.8. The number of rotatable bonds is 5. The summed E-state index contributed by atoms with van der Waals surface area (Å²) in [6.45, 7) is 9.66. The zero-order valence-electron chi connectivity index (χ0n) is 14.6. The van der Waals surface area contributed by atoms with Crippen LogP contribution in [0, 0.1) is 5.92 Å². The lowest BCUT2D eigenvalue weighted by Crippen LogP contribution is -2.34. The summed E-state index contributed by atoms with van der Waals surface area (Å²) in [5.41, 5.74) is 5.64. The largest absolute Gasteiger partial charge is 0.479 e. The number of hydrazone groups is 1. The van der Waals surface area contributed by atoms with Crippen molar-refractivity contribution in [3.63, 3.8) is 0 Å². The molecule has 0 aliphatic heterocycles. The Morgan fingerprint density at radius 3 is 2.80 bits per heavy atom. The van der Waals surface area contributed by atoms with E-state index in [4.69, 9.17) is 27.9 Å². The summed E-state index contributed by atoms with van der Waals surface area (Å²) in [5.74, 6) is 0.419. The molecule has 0 saturated heterocycles. The molecule has 2 rings (SSSR count). The van der Waals surface area contributed by atoms with Gasteiger partial charge in [-0.25, -0.2) is 5.43 Å². The van der Waals surface area contributed by atoms with Crippen LogP contribution in [0.4, 0.5) is 0 Å². The van der Waals surface area contributed by atoms with Gasteiger partial charge in [0.15, 0.2) is 6.10 Å². The molecule has 4 nitrogen and oxygen atoms in total. The monoisotopic (exact) mass is 380 g/mol. The predicted octanol–water partition coefficient (Wildman–Crippen LogP) is 5.17. The van der Waals surface area contributed by atoms with E-state index in [-0.39, 0.29) is 5.91 Å². The summed E-state index contributed by atoms with van der Waals surface area (Å²) < 4.78 is 5.59. The van der Waals surface area contributed by atoms with Gasteiger partial charge in [-0.1, -0.05) is 41.4 Å². The average Bonchev–Trinajstić information content (AvgIpc) is 2.56. The molecule has 6 heteroatoms. The van der Waals surface area contributed by atoms with Crippen molar-refractivity contribution in [2.24, 2.45) is 11.0 Å². The highest BCUT2D eigenvalue weighted by Gasteiger charge is 2.20. The SMILES string of the molecule is C=C(C)[C@H]1CC=C(C)/C(=N/NC(=O)[C@@H](C)Oc2ccc(Cl)cc2Cl)C1. The van der Waals surface area contributed by atoms with Crippen molar-refractivity contribution in [3.8, 4) is 5.75 Å². The molecule has 0 bridgehead atoms. The number of hydrogen-bond donors (Lipinski definition) is 1. The van der Waals surface area contributed by atoms with Crippen molar-refractivity contribution in [1.29, 1.82) is 0 Å². The number of amides is 1. The number of hydrogen-bond acceptors (Lipinski definition) is 3. The minimum absolute atomic E-state index is 0.344. The van der Waals surface area contributed by atoms with E-state index < -0.39 is 6.10 Å². The average molecular weight is 381 g/mol. The first-order valence-corrected chi connectivity index (χ1v) is 8.84. The Kier molecular flexibility index (Phi) is 6.68. The van der Waals surface area contributed by atoms with Crippen LogP contribution in [0.1, 0.15) is 33.6 Å². The van der Waals surface area contributed by atoms with Crippen LogP contribution in [0.5, 0.6) is 5.75 Å². The van der Waals surface area contributed by atoms with Gasteiger partial charge in [0.1, 0.15) is 5.75 Å². The third kappa shape index (κ3) is 5.35. The van der Waals surface area contributed by atoms with Crippen LogP contribution < -0.4 is 10.2 Å². The summed E-state index contributed by atoms with van der Waals surface area (Å²) in [6.07, 6.45) is 3.12. The smallest absolute Gasteiger partial charge is 0.280 e. The molecule has 1 aliphatic rings. The number of nitrogens with zero attached hydrogens (tertiary/aromatic N) is 1. The number of ether oxygens (including phenoxy) is 1. The molecule has 2 atom stereocenters. The number of carbonyl (C=O) groups excluding carboxylic acids is 1. The third-order valence-electron chi connectivity index (χ3n) is 4.17. The molecule has 1 amide bonds. The Balaban J connectivity index is 1.99. The zero-order valence-corrected chi connectivity index (χ0v) is 16.1. The van der Waals surface area contributed by atoms with Gasteiger partial charge in [-0.2, -0.15) is 5.10 Å². The van der Waals surface area contributed by atoms with Gasteiger partial charge < -0.3 is 4.74 Å². The molecule has 0 aromatic heterocycles. The van der Waals surface area contributed by atoms with Crippen LogP contribution in [0.2, 0.25) is 10.0 Å². The molecule has 1 aromatic carbocycles. The second-order valence-electron chi connectivity index (χ2n) is 6.24. The van der Waals surface area contributed by atoms with Crippen LogP contribution in [0.15, 0.2) is 47.1 Å². The van der Waals surface area contributed by atoms with Gasteiger partial charge in [0.05, 0.1) is 10.7 Å². The third-order valence-corrected chi connectivity index (χ3v) is 4.70. The van der Waals surface area contributed by atoms with E-state index in [9.17, 15) is 4.79 Å². The topological polar surface area (TPSA) is 50.7 Å². The number of carbonyl (C=O) groups is 1. The first kappa shape index (κ1) is 19.5. The number of benzene rings is 1. The summed E-state index contributed by atoms with van der Waals surface area (Å²) in [7, 11) is 0. The van der Waals surface area contributed by atoms with E-state index in [1.165, 1.54) is 0 Å². The molecular weight excluding hydrogens is 359 g/mol. The second kappa shape index (κ2) is 8.54. The highest BCUT2D eigenvalue weighted by Crippen LogP contribution is 2.28. The molecule has 1 N–H and O–H groups in total.